The Morgan fingerprint density at radius 2 is 2.13 bits per heavy atom. The molecule has 1 aromatic carbocycles. The maximum Gasteiger partial charge on any atom is 0.123 e. The zero-order valence-electron chi connectivity index (χ0n) is 9.26. The minimum absolute atomic E-state index is 0.197. The zero-order chi connectivity index (χ0) is 11.1. The highest BCUT2D eigenvalue weighted by atomic mass is 35.5. The molecule has 0 spiro atoms. The lowest BCUT2D eigenvalue weighted by molar-refractivity contribution is 0.401. The van der Waals surface area contributed by atoms with Crippen LogP contribution in [0.2, 0.25) is 5.02 Å². The second kappa shape index (κ2) is 3.91. The van der Waals surface area contributed by atoms with E-state index in [1.807, 2.05) is 24.8 Å². The minimum atomic E-state index is 0.197. The number of hydrogen-bond donors (Lipinski definition) is 0. The number of thioether (sulfide) groups is 1. The van der Waals surface area contributed by atoms with Crippen LogP contribution in [0.3, 0.4) is 0 Å². The van der Waals surface area contributed by atoms with Crippen LogP contribution in [0.1, 0.15) is 24.5 Å². The van der Waals surface area contributed by atoms with Gasteiger partial charge in [0.05, 0.1) is 7.11 Å². The third-order valence-corrected chi connectivity index (χ3v) is 4.93. The Morgan fingerprint density at radius 1 is 1.47 bits per heavy atom. The van der Waals surface area contributed by atoms with Crippen LogP contribution in [-0.2, 0) is 4.75 Å². The van der Waals surface area contributed by atoms with Crippen molar-refractivity contribution in [3.05, 3.63) is 28.3 Å². The standard InChI is InChI=1S/C12H15ClOS/c1-8-6-11(14-3)9(7-10(8)13)12(2)4-5-15-12/h6-7H,4-5H2,1-3H3. The van der Waals surface area contributed by atoms with Crippen LogP contribution in [0.4, 0.5) is 0 Å². The molecule has 0 aliphatic carbocycles. The van der Waals surface area contributed by atoms with Gasteiger partial charge in [0, 0.05) is 15.3 Å². The molecule has 0 amide bonds. The molecule has 1 heterocycles. The first kappa shape index (κ1) is 11.2. The number of aryl methyl sites for hydroxylation is 1. The van der Waals surface area contributed by atoms with Crippen molar-refractivity contribution in [3.8, 4) is 5.75 Å². The van der Waals surface area contributed by atoms with Crippen molar-refractivity contribution < 1.29 is 4.74 Å². The molecule has 0 radical (unpaired) electrons. The smallest absolute Gasteiger partial charge is 0.123 e. The lowest BCUT2D eigenvalue weighted by atomic mass is 9.94. The van der Waals surface area contributed by atoms with Crippen molar-refractivity contribution in [2.75, 3.05) is 12.9 Å². The Kier molecular flexibility index (Phi) is 2.91. The number of methoxy groups -OCH3 is 1. The van der Waals surface area contributed by atoms with Gasteiger partial charge in [-0.15, -0.1) is 0 Å². The van der Waals surface area contributed by atoms with Crippen LogP contribution in [0.15, 0.2) is 12.1 Å². The zero-order valence-corrected chi connectivity index (χ0v) is 10.8. The summed E-state index contributed by atoms with van der Waals surface area (Å²) in [5.41, 5.74) is 2.31. The summed E-state index contributed by atoms with van der Waals surface area (Å²) in [7, 11) is 1.72. The van der Waals surface area contributed by atoms with E-state index in [-0.39, 0.29) is 4.75 Å². The van der Waals surface area contributed by atoms with Crippen molar-refractivity contribution in [1.82, 2.24) is 0 Å². The van der Waals surface area contributed by atoms with Crippen molar-refractivity contribution in [1.29, 1.82) is 0 Å². The molecule has 0 N–H and O–H groups in total. The average Bonchev–Trinajstić information content (AvgIpc) is 2.18. The molecule has 1 nitrogen and oxygen atoms in total. The van der Waals surface area contributed by atoms with Gasteiger partial charge in [-0.05, 0) is 43.7 Å². The fourth-order valence-corrected chi connectivity index (χ4v) is 3.15. The van der Waals surface area contributed by atoms with E-state index in [2.05, 4.69) is 13.0 Å². The van der Waals surface area contributed by atoms with Crippen LogP contribution in [-0.4, -0.2) is 12.9 Å². The highest BCUT2D eigenvalue weighted by Crippen LogP contribution is 2.52. The first-order valence-electron chi connectivity index (χ1n) is 5.05. The van der Waals surface area contributed by atoms with Gasteiger partial charge >= 0.3 is 0 Å². The fourth-order valence-electron chi connectivity index (χ4n) is 1.86. The van der Waals surface area contributed by atoms with Gasteiger partial charge in [-0.3, -0.25) is 0 Å². The normalized spacial score (nSPS) is 24.8. The lowest BCUT2D eigenvalue weighted by Gasteiger charge is -2.39. The number of benzene rings is 1. The summed E-state index contributed by atoms with van der Waals surface area (Å²) in [5, 5.41) is 0.833. The number of halogens is 1. The van der Waals surface area contributed by atoms with Gasteiger partial charge in [-0.2, -0.15) is 11.8 Å². The third kappa shape index (κ3) is 1.85. The summed E-state index contributed by atoms with van der Waals surface area (Å²) in [6, 6.07) is 4.09. The molecule has 1 saturated heterocycles. The van der Waals surface area contributed by atoms with Gasteiger partial charge in [0.1, 0.15) is 5.75 Å². The summed E-state index contributed by atoms with van der Waals surface area (Å²) in [4.78, 5) is 0. The van der Waals surface area contributed by atoms with E-state index >= 15 is 0 Å². The highest BCUT2D eigenvalue weighted by molar-refractivity contribution is 8.01. The molecule has 0 saturated carbocycles. The second-order valence-electron chi connectivity index (χ2n) is 4.13. The summed E-state index contributed by atoms with van der Waals surface area (Å²) in [6.07, 6.45) is 1.20. The van der Waals surface area contributed by atoms with Gasteiger partial charge in [-0.1, -0.05) is 11.6 Å². The molecule has 3 heteroatoms. The van der Waals surface area contributed by atoms with Crippen molar-refractivity contribution >= 4 is 23.4 Å². The molecule has 1 aliphatic heterocycles. The molecule has 1 aliphatic rings. The Bertz CT molecular complexity index is 385. The third-order valence-electron chi connectivity index (χ3n) is 3.05. The lowest BCUT2D eigenvalue weighted by Crippen LogP contribution is -2.28. The molecule has 82 valence electrons. The van der Waals surface area contributed by atoms with E-state index in [1.54, 1.807) is 7.11 Å². The number of hydrogen-bond acceptors (Lipinski definition) is 2. The van der Waals surface area contributed by atoms with Crippen LogP contribution < -0.4 is 4.74 Å². The predicted molar refractivity (Wildman–Crippen MR) is 67.2 cm³/mol. The quantitative estimate of drug-likeness (QED) is 0.775. The fraction of sp³-hybridized carbons (Fsp3) is 0.500. The molecule has 2 rings (SSSR count). The van der Waals surface area contributed by atoms with Crippen molar-refractivity contribution in [2.24, 2.45) is 0 Å². The van der Waals surface area contributed by atoms with Crippen LogP contribution in [0.5, 0.6) is 5.75 Å². The van der Waals surface area contributed by atoms with Gasteiger partial charge in [0.2, 0.25) is 0 Å². The van der Waals surface area contributed by atoms with E-state index in [0.717, 1.165) is 16.3 Å². The number of ether oxygens (including phenoxy) is 1. The molecular weight excluding hydrogens is 228 g/mol. The van der Waals surface area contributed by atoms with Crippen LogP contribution >= 0.6 is 23.4 Å². The topological polar surface area (TPSA) is 9.23 Å². The van der Waals surface area contributed by atoms with E-state index in [4.69, 9.17) is 16.3 Å². The molecular formula is C12H15ClOS. The molecule has 0 bridgehead atoms. The maximum absolute atomic E-state index is 6.17. The predicted octanol–water partition coefficient (Wildman–Crippen LogP) is 4.01. The van der Waals surface area contributed by atoms with Crippen LogP contribution in [0, 0.1) is 6.92 Å². The number of rotatable bonds is 2. The van der Waals surface area contributed by atoms with Gasteiger partial charge in [0.25, 0.3) is 0 Å². The molecule has 1 atom stereocenters. The summed E-state index contributed by atoms with van der Waals surface area (Å²) in [6.45, 7) is 4.26. The largest absolute Gasteiger partial charge is 0.496 e. The Labute approximate surface area is 100 Å². The highest BCUT2D eigenvalue weighted by Gasteiger charge is 2.37. The van der Waals surface area contributed by atoms with E-state index in [1.165, 1.54) is 17.7 Å². The molecule has 1 fully saturated rings. The summed E-state index contributed by atoms with van der Waals surface area (Å²) < 4.78 is 5.63. The first-order valence-corrected chi connectivity index (χ1v) is 6.42. The SMILES string of the molecule is COc1cc(C)c(Cl)cc1C1(C)CCS1. The Hall–Kier alpha value is -0.340. The van der Waals surface area contributed by atoms with Gasteiger partial charge in [0.15, 0.2) is 0 Å². The maximum atomic E-state index is 6.17. The molecule has 1 unspecified atom stereocenters. The first-order chi connectivity index (χ1) is 7.07. The second-order valence-corrected chi connectivity index (χ2v) is 6.14. The van der Waals surface area contributed by atoms with Gasteiger partial charge in [-0.25, -0.2) is 0 Å². The van der Waals surface area contributed by atoms with E-state index in [9.17, 15) is 0 Å². The van der Waals surface area contributed by atoms with Crippen molar-refractivity contribution in [2.45, 2.75) is 25.0 Å². The molecule has 1 aromatic rings. The summed E-state index contributed by atoms with van der Waals surface area (Å²) >= 11 is 8.13. The van der Waals surface area contributed by atoms with Crippen molar-refractivity contribution in [3.63, 3.8) is 0 Å². The van der Waals surface area contributed by atoms with Crippen LogP contribution in [0.25, 0.3) is 0 Å². The Morgan fingerprint density at radius 3 is 2.60 bits per heavy atom. The van der Waals surface area contributed by atoms with E-state index in [0.29, 0.717) is 0 Å². The molecule has 15 heavy (non-hydrogen) atoms. The van der Waals surface area contributed by atoms with E-state index < -0.39 is 0 Å². The monoisotopic (exact) mass is 242 g/mol. The van der Waals surface area contributed by atoms with Gasteiger partial charge < -0.3 is 4.74 Å². The average molecular weight is 243 g/mol. The Balaban J connectivity index is 2.49. The molecule has 0 aromatic heterocycles. The minimum Gasteiger partial charge on any atom is -0.496 e. The summed E-state index contributed by atoms with van der Waals surface area (Å²) in [5.74, 6) is 2.19.